The van der Waals surface area contributed by atoms with Crippen LogP contribution in [0.2, 0.25) is 0 Å². The maximum Gasteiger partial charge on any atom is 0.423 e. The van der Waals surface area contributed by atoms with Gasteiger partial charge in [-0.15, -0.1) is 0 Å². The number of piperazine rings is 1. The Hall–Kier alpha value is -3.35. The standard InChI is InChI=1S/C25H31F3N6O4/c1-15(31-19-12-30-32-24(36)22(19)25(26,27)28)14-37-8-5-21(35)33-6-7-34-18(13-33)4-9-38-20-10-17(16-2-3-16)11-29-23(20)34/h10-12,15-16,18H,2-9,13-14H2,1H3,(H2,31,32,36)/t15-,18?/m0/s1. The van der Waals surface area contributed by atoms with E-state index in [1.165, 1.54) is 18.4 Å². The van der Waals surface area contributed by atoms with Gasteiger partial charge in [0, 0.05) is 38.3 Å². The molecule has 1 saturated heterocycles. The molecule has 4 heterocycles. The highest BCUT2D eigenvalue weighted by atomic mass is 19.4. The lowest BCUT2D eigenvalue weighted by atomic mass is 10.1. The molecule has 13 heteroatoms. The molecule has 0 radical (unpaired) electrons. The SMILES string of the molecule is C[C@@H](COCCC(=O)N1CCN2c3ncc(C4CC4)cc3OCCC2C1)Nc1cn[nH]c(=O)c1C(F)(F)F. The molecule has 1 saturated carbocycles. The van der Waals surface area contributed by atoms with Crippen molar-refractivity contribution in [2.75, 3.05) is 49.7 Å². The minimum atomic E-state index is -4.82. The van der Waals surface area contributed by atoms with E-state index in [4.69, 9.17) is 14.5 Å². The van der Waals surface area contributed by atoms with Crippen molar-refractivity contribution in [3.8, 4) is 5.75 Å². The van der Waals surface area contributed by atoms with Gasteiger partial charge in [-0.3, -0.25) is 9.59 Å². The quantitative estimate of drug-likeness (QED) is 0.496. The predicted octanol–water partition coefficient (Wildman–Crippen LogP) is 2.77. The third-order valence-electron chi connectivity index (χ3n) is 7.09. The van der Waals surface area contributed by atoms with Crippen molar-refractivity contribution >= 4 is 17.4 Å². The first kappa shape index (κ1) is 26.3. The average Bonchev–Trinajstić information content (AvgIpc) is 3.72. The molecular weight excluding hydrogens is 505 g/mol. The minimum absolute atomic E-state index is 0.0363. The van der Waals surface area contributed by atoms with Crippen LogP contribution in [0.15, 0.2) is 23.3 Å². The van der Waals surface area contributed by atoms with Crippen molar-refractivity contribution < 1.29 is 27.4 Å². The van der Waals surface area contributed by atoms with Gasteiger partial charge in [-0.25, -0.2) is 10.1 Å². The van der Waals surface area contributed by atoms with Crippen molar-refractivity contribution in [3.63, 3.8) is 0 Å². The lowest BCUT2D eigenvalue weighted by molar-refractivity contribution is -0.138. The lowest BCUT2D eigenvalue weighted by Crippen LogP contribution is -2.55. The maximum absolute atomic E-state index is 13.2. The third-order valence-corrected chi connectivity index (χ3v) is 7.09. The Labute approximate surface area is 217 Å². The Balaban J connectivity index is 1.09. The number of hydrogen-bond donors (Lipinski definition) is 2. The fourth-order valence-corrected chi connectivity index (χ4v) is 5.00. The molecule has 5 rings (SSSR count). The highest BCUT2D eigenvalue weighted by molar-refractivity contribution is 5.76. The highest BCUT2D eigenvalue weighted by Crippen LogP contribution is 2.43. The summed E-state index contributed by atoms with van der Waals surface area (Å²) in [6, 6.07) is 1.68. The zero-order chi connectivity index (χ0) is 26.9. The molecule has 3 aliphatic rings. The Kier molecular flexibility index (Phi) is 7.46. The number of hydrogen-bond acceptors (Lipinski definition) is 8. The van der Waals surface area contributed by atoms with Crippen molar-refractivity contribution in [1.29, 1.82) is 0 Å². The van der Waals surface area contributed by atoms with Crippen LogP contribution in [-0.4, -0.2) is 77.5 Å². The Bertz CT molecular complexity index is 1220. The number of anilines is 2. The summed E-state index contributed by atoms with van der Waals surface area (Å²) in [5.41, 5.74) is -1.84. The van der Waals surface area contributed by atoms with Crippen LogP contribution in [0.1, 0.15) is 49.7 Å². The van der Waals surface area contributed by atoms with Crippen LogP contribution in [0, 0.1) is 0 Å². The number of halogens is 3. The normalized spacial score (nSPS) is 20.2. The summed E-state index contributed by atoms with van der Waals surface area (Å²) < 4.78 is 51.2. The summed E-state index contributed by atoms with van der Waals surface area (Å²) in [6.07, 6.45) is 1.40. The average molecular weight is 537 g/mol. The van der Waals surface area contributed by atoms with E-state index in [-0.39, 0.29) is 31.6 Å². The first-order chi connectivity index (χ1) is 18.2. The first-order valence-electron chi connectivity index (χ1n) is 12.9. The largest absolute Gasteiger partial charge is 0.490 e. The number of alkyl halides is 3. The van der Waals surface area contributed by atoms with Crippen LogP contribution in [0.5, 0.6) is 5.75 Å². The molecule has 2 aromatic heterocycles. The highest BCUT2D eigenvalue weighted by Gasteiger charge is 2.38. The van der Waals surface area contributed by atoms with Crippen LogP contribution in [0.25, 0.3) is 0 Å². The summed E-state index contributed by atoms with van der Waals surface area (Å²) in [5, 5.41) is 7.86. The van der Waals surface area contributed by atoms with Gasteiger partial charge in [-0.2, -0.15) is 18.3 Å². The molecule has 0 aromatic carbocycles. The van der Waals surface area contributed by atoms with Gasteiger partial charge in [0.25, 0.3) is 5.56 Å². The summed E-state index contributed by atoms with van der Waals surface area (Å²) in [6.45, 7) is 4.17. The monoisotopic (exact) mass is 536 g/mol. The van der Waals surface area contributed by atoms with E-state index in [0.717, 1.165) is 24.2 Å². The molecule has 2 fully saturated rings. The number of amides is 1. The lowest BCUT2D eigenvalue weighted by Gasteiger charge is -2.41. The van der Waals surface area contributed by atoms with E-state index in [1.807, 2.05) is 11.1 Å². The van der Waals surface area contributed by atoms with E-state index >= 15 is 0 Å². The van der Waals surface area contributed by atoms with Gasteiger partial charge in [-0.05, 0) is 37.3 Å². The predicted molar refractivity (Wildman–Crippen MR) is 132 cm³/mol. The Morgan fingerprint density at radius 2 is 2.11 bits per heavy atom. The number of fused-ring (bicyclic) bond motifs is 3. The Morgan fingerprint density at radius 1 is 1.29 bits per heavy atom. The van der Waals surface area contributed by atoms with Crippen molar-refractivity contribution in [2.24, 2.45) is 0 Å². The topological polar surface area (TPSA) is 113 Å². The second kappa shape index (κ2) is 10.8. The molecule has 2 atom stereocenters. The van der Waals surface area contributed by atoms with Crippen molar-refractivity contribution in [3.05, 3.63) is 39.9 Å². The number of aromatic nitrogens is 3. The van der Waals surface area contributed by atoms with Gasteiger partial charge in [0.1, 0.15) is 5.56 Å². The Morgan fingerprint density at radius 3 is 2.87 bits per heavy atom. The van der Waals surface area contributed by atoms with E-state index in [1.54, 1.807) is 12.0 Å². The fourth-order valence-electron chi connectivity index (χ4n) is 5.00. The second-order valence-electron chi connectivity index (χ2n) is 10.0. The van der Waals surface area contributed by atoms with Gasteiger partial charge < -0.3 is 24.6 Å². The molecule has 0 spiro atoms. The van der Waals surface area contributed by atoms with Crippen LogP contribution in [0.4, 0.5) is 24.7 Å². The molecule has 38 heavy (non-hydrogen) atoms. The molecular formula is C25H31F3N6O4. The molecule has 1 amide bonds. The van der Waals surface area contributed by atoms with Gasteiger partial charge in [0.2, 0.25) is 5.91 Å². The number of pyridine rings is 1. The first-order valence-corrected chi connectivity index (χ1v) is 12.9. The van der Waals surface area contributed by atoms with Crippen LogP contribution in [-0.2, 0) is 15.7 Å². The second-order valence-corrected chi connectivity index (χ2v) is 10.0. The van der Waals surface area contributed by atoms with Gasteiger partial charge in [-0.1, -0.05) is 0 Å². The van der Waals surface area contributed by atoms with Crippen LogP contribution >= 0.6 is 0 Å². The van der Waals surface area contributed by atoms with E-state index < -0.39 is 29.0 Å². The summed E-state index contributed by atoms with van der Waals surface area (Å²) in [7, 11) is 0. The molecule has 0 bridgehead atoms. The number of nitrogens with one attached hydrogen (secondary N) is 2. The summed E-state index contributed by atoms with van der Waals surface area (Å²) in [4.78, 5) is 33.2. The van der Waals surface area contributed by atoms with Gasteiger partial charge in [0.05, 0.1) is 44.2 Å². The molecule has 10 nitrogen and oxygen atoms in total. The van der Waals surface area contributed by atoms with E-state index in [2.05, 4.69) is 21.4 Å². The number of H-pyrrole nitrogens is 1. The fraction of sp³-hybridized carbons (Fsp3) is 0.600. The molecule has 1 aliphatic carbocycles. The molecule has 2 N–H and O–H groups in total. The van der Waals surface area contributed by atoms with E-state index in [0.29, 0.717) is 32.2 Å². The smallest absolute Gasteiger partial charge is 0.423 e. The van der Waals surface area contributed by atoms with Crippen LogP contribution in [0.3, 0.4) is 0 Å². The number of ether oxygens (including phenoxy) is 2. The number of rotatable bonds is 8. The summed E-state index contributed by atoms with van der Waals surface area (Å²) in [5.74, 6) is 2.23. The number of aromatic amines is 1. The molecule has 2 aliphatic heterocycles. The number of nitrogens with zero attached hydrogens (tertiary/aromatic N) is 4. The van der Waals surface area contributed by atoms with Gasteiger partial charge in [0.15, 0.2) is 11.6 Å². The molecule has 1 unspecified atom stereocenters. The van der Waals surface area contributed by atoms with Crippen LogP contribution < -0.4 is 20.5 Å². The van der Waals surface area contributed by atoms with Gasteiger partial charge >= 0.3 is 6.18 Å². The number of carbonyl (C=O) groups is 1. The van der Waals surface area contributed by atoms with Crippen molar-refractivity contribution in [1.82, 2.24) is 20.1 Å². The third kappa shape index (κ3) is 5.87. The molecule has 2 aromatic rings. The maximum atomic E-state index is 13.2. The summed E-state index contributed by atoms with van der Waals surface area (Å²) >= 11 is 0. The number of carbonyl (C=O) groups excluding carboxylic acids is 1. The van der Waals surface area contributed by atoms with E-state index in [9.17, 15) is 22.8 Å². The minimum Gasteiger partial charge on any atom is -0.490 e. The molecule has 206 valence electrons. The zero-order valence-corrected chi connectivity index (χ0v) is 21.1. The van der Waals surface area contributed by atoms with Crippen molar-refractivity contribution in [2.45, 2.75) is 56.8 Å². The zero-order valence-electron chi connectivity index (χ0n) is 21.1.